The number of nitrogens with zero attached hydrogens (tertiary/aromatic N) is 1. The molecule has 0 saturated carbocycles. The summed E-state index contributed by atoms with van der Waals surface area (Å²) in [4.78, 5) is 0.143. The average Bonchev–Trinajstić information content (AvgIpc) is 2.74. The summed E-state index contributed by atoms with van der Waals surface area (Å²) in [5.74, 6) is 0. The summed E-state index contributed by atoms with van der Waals surface area (Å²) in [6.45, 7) is 6.90. The Hall–Kier alpha value is -1.85. The molecule has 4 nitrogen and oxygen atoms in total. The third kappa shape index (κ3) is 6.86. The van der Waals surface area contributed by atoms with Crippen molar-refractivity contribution in [3.05, 3.63) is 119 Å². The van der Waals surface area contributed by atoms with Gasteiger partial charge in [0.2, 0.25) is 0 Å². The zero-order chi connectivity index (χ0) is 20.6. The van der Waals surface area contributed by atoms with E-state index in [1.807, 2.05) is 67.6 Å². The topological polar surface area (TPSA) is 72.0 Å². The molecule has 0 aliphatic heterocycles. The van der Waals surface area contributed by atoms with E-state index in [-0.39, 0.29) is 24.4 Å². The summed E-state index contributed by atoms with van der Waals surface area (Å²) < 4.78 is 29.8. The van der Waals surface area contributed by atoms with E-state index in [1.54, 1.807) is 31.2 Å². The van der Waals surface area contributed by atoms with E-state index in [9.17, 15) is 8.42 Å². The molecule has 2 atom stereocenters. The SMILES string of the molecule is Cc1ccc(S(=O)(=O)[N-][C@@H](c2ccccc2)[C@@H]([NH-])c2ccccc2)cc1.[CH2-]C.[Ru+3]. The molecule has 6 heteroatoms. The van der Waals surface area contributed by atoms with Gasteiger partial charge in [-0.1, -0.05) is 89.5 Å². The molecule has 0 fully saturated rings. The van der Waals surface area contributed by atoms with E-state index in [0.717, 1.165) is 11.1 Å². The fraction of sp³-hybridized carbons (Fsp3) is 0.174. The summed E-state index contributed by atoms with van der Waals surface area (Å²) in [5.41, 5.74) is 11.0. The molecule has 0 aliphatic rings. The molecule has 0 unspecified atom stereocenters. The van der Waals surface area contributed by atoms with E-state index in [1.165, 1.54) is 0 Å². The Kier molecular flexibility index (Phi) is 10.4. The monoisotopic (exact) mass is 495 g/mol. The van der Waals surface area contributed by atoms with Crippen LogP contribution < -0.4 is 0 Å². The molecule has 0 bridgehead atoms. The Morgan fingerprint density at radius 2 is 1.24 bits per heavy atom. The van der Waals surface area contributed by atoms with Gasteiger partial charge in [0.1, 0.15) is 10.0 Å². The second-order valence-corrected chi connectivity index (χ2v) is 7.77. The average molecular weight is 495 g/mol. The minimum Gasteiger partial charge on any atom is -0.672 e. The molecule has 3 rings (SSSR count). The van der Waals surface area contributed by atoms with Crippen LogP contribution in [0.3, 0.4) is 0 Å². The normalized spacial score (nSPS) is 12.7. The van der Waals surface area contributed by atoms with Crippen molar-refractivity contribution in [1.82, 2.24) is 0 Å². The molecule has 29 heavy (non-hydrogen) atoms. The molecule has 0 saturated heterocycles. The second-order valence-electron chi connectivity index (χ2n) is 6.14. The number of nitrogens with one attached hydrogen (secondary N) is 1. The van der Waals surface area contributed by atoms with Crippen LogP contribution in [0.1, 0.15) is 35.7 Å². The summed E-state index contributed by atoms with van der Waals surface area (Å²) in [7, 11) is -3.87. The van der Waals surface area contributed by atoms with Gasteiger partial charge in [-0.2, -0.15) is 6.92 Å². The van der Waals surface area contributed by atoms with Crippen molar-refractivity contribution >= 4 is 10.0 Å². The summed E-state index contributed by atoms with van der Waals surface area (Å²) >= 11 is 0. The molecule has 3 aromatic carbocycles. The maximum absolute atomic E-state index is 12.8. The molecule has 1 radical (unpaired) electrons. The third-order valence-electron chi connectivity index (χ3n) is 4.19. The molecule has 0 aromatic heterocycles. The number of benzene rings is 3. The van der Waals surface area contributed by atoms with E-state index >= 15 is 0 Å². The van der Waals surface area contributed by atoms with Crippen LogP contribution >= 0.6 is 0 Å². The van der Waals surface area contributed by atoms with Crippen molar-refractivity contribution in [2.24, 2.45) is 0 Å². The summed E-state index contributed by atoms with van der Waals surface area (Å²) in [6, 6.07) is 23.3. The van der Waals surface area contributed by atoms with Crippen LogP contribution in [-0.4, -0.2) is 8.42 Å². The first-order chi connectivity index (χ1) is 13.5. The minimum atomic E-state index is -3.87. The first-order valence-electron chi connectivity index (χ1n) is 9.03. The van der Waals surface area contributed by atoms with Crippen LogP contribution in [0.5, 0.6) is 0 Å². The smallest absolute Gasteiger partial charge is 0.672 e. The maximum atomic E-state index is 12.8. The van der Waals surface area contributed by atoms with Crippen molar-refractivity contribution < 1.29 is 27.9 Å². The first kappa shape index (κ1) is 25.2. The standard InChI is InChI=1S/C21H20N2O2S.C2H5.Ru/c1-16-12-14-19(15-13-16)26(24,25)23-21(18-10-6-3-7-11-18)20(22)17-8-4-2-5-9-17;1-2;/h2-15,20-22H,1H3;1H2,2H3;/q-2;-1;+3/t20-,21-;;/m0../s1. The Balaban J connectivity index is 0.00000136. The van der Waals surface area contributed by atoms with Gasteiger partial charge in [-0.15, -0.1) is 12.1 Å². The van der Waals surface area contributed by atoms with Crippen LogP contribution in [0.25, 0.3) is 10.5 Å². The number of rotatable bonds is 6. The van der Waals surface area contributed by atoms with Gasteiger partial charge in [-0.25, -0.2) is 8.42 Å². The predicted octanol–water partition coefficient (Wildman–Crippen LogP) is 6.43. The van der Waals surface area contributed by atoms with Crippen LogP contribution in [-0.2, 0) is 29.5 Å². The Morgan fingerprint density at radius 1 is 0.793 bits per heavy atom. The van der Waals surface area contributed by atoms with Crippen molar-refractivity contribution in [2.75, 3.05) is 0 Å². The first-order valence-corrected chi connectivity index (χ1v) is 10.5. The fourth-order valence-corrected chi connectivity index (χ4v) is 3.87. The van der Waals surface area contributed by atoms with Gasteiger partial charge >= 0.3 is 19.5 Å². The largest absolute Gasteiger partial charge is 3.00 e. The zero-order valence-corrected chi connectivity index (χ0v) is 19.0. The van der Waals surface area contributed by atoms with Gasteiger partial charge in [0, 0.05) is 4.90 Å². The van der Waals surface area contributed by atoms with Crippen LogP contribution in [0, 0.1) is 13.8 Å². The van der Waals surface area contributed by atoms with Crippen molar-refractivity contribution in [2.45, 2.75) is 30.8 Å². The Morgan fingerprint density at radius 3 is 1.72 bits per heavy atom. The second kappa shape index (κ2) is 12.0. The molecular weight excluding hydrogens is 469 g/mol. The number of hydrogen-bond donors (Lipinski definition) is 0. The van der Waals surface area contributed by atoms with Crippen molar-refractivity contribution in [3.63, 3.8) is 0 Å². The zero-order valence-electron chi connectivity index (χ0n) is 16.5. The molecular formula is C23H25N2O2RuS. The maximum Gasteiger partial charge on any atom is 3.00 e. The van der Waals surface area contributed by atoms with E-state index in [2.05, 4.69) is 11.6 Å². The quantitative estimate of drug-likeness (QED) is 0.293. The van der Waals surface area contributed by atoms with Gasteiger partial charge in [0.15, 0.2) is 0 Å². The van der Waals surface area contributed by atoms with Crippen LogP contribution in [0.2, 0.25) is 0 Å². The fourth-order valence-electron chi connectivity index (χ4n) is 2.73. The molecule has 0 heterocycles. The summed E-state index contributed by atoms with van der Waals surface area (Å²) in [6.07, 6.45) is 0. The summed E-state index contributed by atoms with van der Waals surface area (Å²) in [5, 5.41) is 0. The molecule has 3 aromatic rings. The van der Waals surface area contributed by atoms with E-state index in [0.29, 0.717) is 5.56 Å². The number of aryl methyl sites for hydroxylation is 1. The molecule has 153 valence electrons. The van der Waals surface area contributed by atoms with Crippen LogP contribution in [0.15, 0.2) is 89.8 Å². The number of sulfonamides is 1. The molecule has 0 spiro atoms. The number of hydrogen-bond acceptors (Lipinski definition) is 2. The predicted molar refractivity (Wildman–Crippen MR) is 115 cm³/mol. The minimum absolute atomic E-state index is 0. The van der Waals surface area contributed by atoms with Crippen molar-refractivity contribution in [1.29, 1.82) is 0 Å². The van der Waals surface area contributed by atoms with Crippen molar-refractivity contribution in [3.8, 4) is 0 Å². The Bertz CT molecular complexity index is 947. The molecule has 0 amide bonds. The van der Waals surface area contributed by atoms with Gasteiger partial charge in [0.05, 0.1) is 0 Å². The molecule has 0 aliphatic carbocycles. The molecule has 1 N–H and O–H groups in total. The van der Waals surface area contributed by atoms with E-state index < -0.39 is 22.1 Å². The van der Waals surface area contributed by atoms with Gasteiger partial charge in [-0.3, -0.25) is 0 Å². The Labute approximate surface area is 187 Å². The third-order valence-corrected chi connectivity index (χ3v) is 5.56. The van der Waals surface area contributed by atoms with Crippen LogP contribution in [0.4, 0.5) is 0 Å². The van der Waals surface area contributed by atoms with E-state index in [4.69, 9.17) is 5.73 Å². The van der Waals surface area contributed by atoms with Gasteiger partial charge < -0.3 is 17.4 Å². The van der Waals surface area contributed by atoms with Gasteiger partial charge in [0.25, 0.3) is 0 Å². The van der Waals surface area contributed by atoms with Gasteiger partial charge in [-0.05, 0) is 19.1 Å².